The van der Waals surface area contributed by atoms with E-state index in [4.69, 9.17) is 0 Å². The number of hydrogen-bond donors (Lipinski definition) is 5. The highest BCUT2D eigenvalue weighted by Crippen LogP contribution is 2.28. The van der Waals surface area contributed by atoms with E-state index in [-0.39, 0.29) is 6.03 Å². The number of aliphatic hydroxyl groups is 3. The van der Waals surface area contributed by atoms with Gasteiger partial charge in [0.25, 0.3) is 0 Å². The molecule has 0 aromatic carbocycles. The summed E-state index contributed by atoms with van der Waals surface area (Å²) < 4.78 is 0. The molecule has 0 aromatic rings. The average molecular weight is 245 g/mol. The normalized spacial score (nSPS) is 42.0. The number of rotatable bonds is 1. The lowest BCUT2D eigenvalue weighted by Crippen LogP contribution is -2.66. The number of nitrogens with zero attached hydrogens (tertiary/aromatic N) is 1. The number of piperidine rings is 1. The van der Waals surface area contributed by atoms with Crippen LogP contribution in [0.3, 0.4) is 0 Å². The average Bonchev–Trinajstić information content (AvgIpc) is 2.67. The number of carbonyl (C=O) groups is 1. The van der Waals surface area contributed by atoms with E-state index in [0.717, 1.165) is 0 Å². The highest BCUT2D eigenvalue weighted by Gasteiger charge is 2.48. The van der Waals surface area contributed by atoms with Gasteiger partial charge in [-0.05, 0) is 6.42 Å². The molecule has 0 saturated carbocycles. The maximum atomic E-state index is 11.2. The van der Waals surface area contributed by atoms with E-state index in [1.165, 1.54) is 7.05 Å². The molecule has 0 aliphatic carbocycles. The van der Waals surface area contributed by atoms with E-state index in [0.29, 0.717) is 19.5 Å². The maximum absolute atomic E-state index is 11.2. The number of amides is 2. The summed E-state index contributed by atoms with van der Waals surface area (Å²) in [7, 11) is 1.49. The van der Waals surface area contributed by atoms with E-state index in [2.05, 4.69) is 10.6 Å². The number of nitrogens with one attached hydrogen (secondary N) is 2. The predicted octanol–water partition coefficient (Wildman–Crippen LogP) is -2.55. The number of hydrogen-bond acceptors (Lipinski definition) is 5. The highest BCUT2D eigenvalue weighted by atomic mass is 16.3. The van der Waals surface area contributed by atoms with Crippen molar-refractivity contribution in [1.29, 1.82) is 0 Å². The Hall–Kier alpha value is -0.890. The first kappa shape index (κ1) is 12.6. The third-order valence-electron chi connectivity index (χ3n) is 3.61. The maximum Gasteiger partial charge on any atom is 0.314 e. The Morgan fingerprint density at radius 1 is 1.29 bits per heavy atom. The molecule has 7 nitrogen and oxygen atoms in total. The van der Waals surface area contributed by atoms with E-state index in [1.54, 1.807) is 0 Å². The highest BCUT2D eigenvalue weighted by molar-refractivity contribution is 5.73. The second-order valence-electron chi connectivity index (χ2n) is 4.65. The van der Waals surface area contributed by atoms with Crippen LogP contribution in [0.15, 0.2) is 0 Å². The summed E-state index contributed by atoms with van der Waals surface area (Å²) in [4.78, 5) is 13.1. The fraction of sp³-hybridized carbons (Fsp3) is 0.900. The fourth-order valence-electron chi connectivity index (χ4n) is 2.69. The first-order valence-electron chi connectivity index (χ1n) is 5.81. The first-order valence-corrected chi connectivity index (χ1v) is 5.81. The van der Waals surface area contributed by atoms with Gasteiger partial charge < -0.3 is 26.0 Å². The van der Waals surface area contributed by atoms with E-state index in [1.807, 2.05) is 4.90 Å². The van der Waals surface area contributed by atoms with Crippen LogP contribution in [0.1, 0.15) is 6.42 Å². The van der Waals surface area contributed by atoms with Gasteiger partial charge in [0.2, 0.25) is 0 Å². The van der Waals surface area contributed by atoms with Crippen LogP contribution in [0.5, 0.6) is 0 Å². The van der Waals surface area contributed by atoms with Crippen molar-refractivity contribution in [3.8, 4) is 0 Å². The Balaban J connectivity index is 2.05. The molecule has 2 aliphatic rings. The van der Waals surface area contributed by atoms with E-state index < -0.39 is 30.4 Å². The molecular weight excluding hydrogens is 226 g/mol. The summed E-state index contributed by atoms with van der Waals surface area (Å²) >= 11 is 0. The minimum atomic E-state index is -1.05. The summed E-state index contributed by atoms with van der Waals surface area (Å²) in [6.07, 6.45) is -2.12. The summed E-state index contributed by atoms with van der Waals surface area (Å²) in [6, 6.07) is -1.33. The van der Waals surface area contributed by atoms with Gasteiger partial charge in [-0.2, -0.15) is 0 Å². The van der Waals surface area contributed by atoms with Gasteiger partial charge in [0.1, 0.15) is 6.10 Å². The molecule has 98 valence electrons. The van der Waals surface area contributed by atoms with Crippen LogP contribution in [0, 0.1) is 0 Å². The standard InChI is InChI=1S/C10H19N3O4/c1-11-10(17)12-5-4-13-3-2-6(14)7(13)9(16)8(5)15/h5-9,14-16H,2-4H2,1H3,(H2,11,12,17)/t5-,6-,7+,8+,9+/m0/s1. The van der Waals surface area contributed by atoms with Gasteiger partial charge in [0.05, 0.1) is 24.3 Å². The smallest absolute Gasteiger partial charge is 0.314 e. The topological polar surface area (TPSA) is 105 Å². The number of carbonyl (C=O) groups excluding carboxylic acids is 1. The number of aliphatic hydroxyl groups excluding tert-OH is 3. The molecule has 5 N–H and O–H groups in total. The van der Waals surface area contributed by atoms with Crippen LogP contribution in [0.4, 0.5) is 4.79 Å². The molecule has 0 radical (unpaired) electrons. The summed E-state index contributed by atoms with van der Waals surface area (Å²) in [5.41, 5.74) is 0. The summed E-state index contributed by atoms with van der Waals surface area (Å²) in [5, 5.41) is 34.6. The van der Waals surface area contributed by atoms with E-state index in [9.17, 15) is 20.1 Å². The van der Waals surface area contributed by atoms with Gasteiger partial charge in [-0.15, -0.1) is 0 Å². The molecule has 2 fully saturated rings. The Morgan fingerprint density at radius 3 is 2.65 bits per heavy atom. The molecule has 2 aliphatic heterocycles. The van der Waals surface area contributed by atoms with Crippen molar-refractivity contribution in [3.05, 3.63) is 0 Å². The minimum absolute atomic E-state index is 0.389. The van der Waals surface area contributed by atoms with Gasteiger partial charge in [-0.25, -0.2) is 4.79 Å². The van der Waals surface area contributed by atoms with Crippen LogP contribution in [-0.2, 0) is 0 Å². The van der Waals surface area contributed by atoms with Crippen LogP contribution >= 0.6 is 0 Å². The predicted molar refractivity (Wildman–Crippen MR) is 59.4 cm³/mol. The van der Waals surface area contributed by atoms with Gasteiger partial charge in [0, 0.05) is 20.1 Å². The molecule has 0 aromatic heterocycles. The second-order valence-corrected chi connectivity index (χ2v) is 4.65. The zero-order valence-corrected chi connectivity index (χ0v) is 9.71. The number of urea groups is 1. The molecule has 17 heavy (non-hydrogen) atoms. The largest absolute Gasteiger partial charge is 0.391 e. The fourth-order valence-corrected chi connectivity index (χ4v) is 2.69. The van der Waals surface area contributed by atoms with Crippen molar-refractivity contribution in [1.82, 2.24) is 15.5 Å². The lowest BCUT2D eigenvalue weighted by molar-refractivity contribution is -0.0992. The quantitative estimate of drug-likeness (QED) is 0.350. The molecule has 0 bridgehead atoms. The van der Waals surface area contributed by atoms with Crippen LogP contribution < -0.4 is 10.6 Å². The first-order chi connectivity index (χ1) is 8.04. The van der Waals surface area contributed by atoms with Crippen molar-refractivity contribution in [3.63, 3.8) is 0 Å². The third kappa shape index (κ3) is 2.23. The Labute approximate surface area is 99.4 Å². The van der Waals surface area contributed by atoms with Crippen molar-refractivity contribution < 1.29 is 20.1 Å². The van der Waals surface area contributed by atoms with Gasteiger partial charge >= 0.3 is 6.03 Å². The lowest BCUT2D eigenvalue weighted by Gasteiger charge is -2.42. The molecule has 2 rings (SSSR count). The van der Waals surface area contributed by atoms with Gasteiger partial charge in [0.15, 0.2) is 0 Å². The Kier molecular flexibility index (Phi) is 3.53. The van der Waals surface area contributed by atoms with Crippen molar-refractivity contribution in [2.75, 3.05) is 20.1 Å². The summed E-state index contributed by atoms with van der Waals surface area (Å²) in [5.74, 6) is 0. The third-order valence-corrected chi connectivity index (χ3v) is 3.61. The van der Waals surface area contributed by atoms with Crippen LogP contribution in [0.25, 0.3) is 0 Å². The van der Waals surface area contributed by atoms with Gasteiger partial charge in [-0.1, -0.05) is 0 Å². The molecule has 2 saturated heterocycles. The van der Waals surface area contributed by atoms with Crippen molar-refractivity contribution in [2.45, 2.75) is 36.8 Å². The van der Waals surface area contributed by atoms with Crippen molar-refractivity contribution >= 4 is 6.03 Å². The molecular formula is C10H19N3O4. The second kappa shape index (κ2) is 4.77. The molecule has 2 heterocycles. The molecule has 2 amide bonds. The molecule has 5 atom stereocenters. The minimum Gasteiger partial charge on any atom is -0.391 e. The van der Waals surface area contributed by atoms with Crippen molar-refractivity contribution in [2.24, 2.45) is 0 Å². The SMILES string of the molecule is CNC(=O)N[C@H]1CN2CC[C@H](O)[C@@H]2[C@@H](O)[C@@H]1O. The summed E-state index contributed by atoms with van der Waals surface area (Å²) in [6.45, 7) is 1.11. The molecule has 0 spiro atoms. The monoisotopic (exact) mass is 245 g/mol. The molecule has 0 unspecified atom stereocenters. The zero-order valence-electron chi connectivity index (χ0n) is 9.71. The number of fused-ring (bicyclic) bond motifs is 1. The van der Waals surface area contributed by atoms with Crippen LogP contribution in [0.2, 0.25) is 0 Å². The Morgan fingerprint density at radius 2 is 2.00 bits per heavy atom. The zero-order chi connectivity index (χ0) is 12.6. The van der Waals surface area contributed by atoms with E-state index >= 15 is 0 Å². The lowest BCUT2D eigenvalue weighted by atomic mass is 9.91. The molecule has 7 heteroatoms. The van der Waals surface area contributed by atoms with Gasteiger partial charge in [-0.3, -0.25) is 4.90 Å². The Bertz CT molecular complexity index is 301. The van der Waals surface area contributed by atoms with Crippen LogP contribution in [-0.4, -0.2) is 76.8 Å².